The van der Waals surface area contributed by atoms with Crippen LogP contribution in [0.3, 0.4) is 0 Å². The highest BCUT2D eigenvalue weighted by molar-refractivity contribution is 7.89. The van der Waals surface area contributed by atoms with Crippen molar-refractivity contribution in [1.29, 1.82) is 5.26 Å². The zero-order valence-electron chi connectivity index (χ0n) is 22.8. The van der Waals surface area contributed by atoms with Crippen LogP contribution in [0.2, 0.25) is 0 Å². The Morgan fingerprint density at radius 1 is 1.03 bits per heavy atom. The Bertz CT molecular complexity index is 1530. The fraction of sp³-hybridized carbons (Fsp3) is 0.333. The standard InChI is InChI=1S/C30H33N3O5S/c1-19-8-10-22(11-9-19)25(18-31)24-15-21(3)26(16-20(24)2)32-30(34)27-7-6-14-33(27)39(35,36)29-17-23(37-4)12-13-28(29)38-5/h8-13,15-17,25,27H,6-7,14H2,1-5H3,(H,32,34). The van der Waals surface area contributed by atoms with Gasteiger partial charge in [0, 0.05) is 18.3 Å². The van der Waals surface area contributed by atoms with Gasteiger partial charge < -0.3 is 14.8 Å². The number of nitrogens with one attached hydrogen (secondary N) is 1. The van der Waals surface area contributed by atoms with Crippen LogP contribution in [0.5, 0.6) is 11.5 Å². The molecule has 39 heavy (non-hydrogen) atoms. The van der Waals surface area contributed by atoms with Gasteiger partial charge in [-0.2, -0.15) is 9.57 Å². The topological polar surface area (TPSA) is 109 Å². The van der Waals surface area contributed by atoms with Crippen molar-refractivity contribution in [2.24, 2.45) is 0 Å². The molecule has 1 fully saturated rings. The summed E-state index contributed by atoms with van der Waals surface area (Å²) >= 11 is 0. The van der Waals surface area contributed by atoms with Crippen molar-refractivity contribution < 1.29 is 22.7 Å². The summed E-state index contributed by atoms with van der Waals surface area (Å²) in [6.07, 6.45) is 0.957. The lowest BCUT2D eigenvalue weighted by Crippen LogP contribution is -2.43. The average Bonchev–Trinajstić information content (AvgIpc) is 3.43. The molecule has 1 aliphatic rings. The van der Waals surface area contributed by atoms with Gasteiger partial charge in [0.05, 0.1) is 26.2 Å². The quantitative estimate of drug-likeness (QED) is 0.422. The minimum Gasteiger partial charge on any atom is -0.497 e. The number of ether oxygens (including phenoxy) is 2. The van der Waals surface area contributed by atoms with Gasteiger partial charge in [0.1, 0.15) is 22.4 Å². The fourth-order valence-electron chi connectivity index (χ4n) is 4.98. The van der Waals surface area contributed by atoms with Gasteiger partial charge in [-0.25, -0.2) is 8.42 Å². The highest BCUT2D eigenvalue weighted by atomic mass is 32.2. The number of aryl methyl sites for hydroxylation is 3. The minimum atomic E-state index is -4.04. The van der Waals surface area contributed by atoms with Crippen molar-refractivity contribution in [3.8, 4) is 17.6 Å². The third-order valence-electron chi connectivity index (χ3n) is 7.19. The molecule has 0 aliphatic carbocycles. The van der Waals surface area contributed by atoms with Crippen LogP contribution in [0.25, 0.3) is 0 Å². The minimum absolute atomic E-state index is 0.0425. The van der Waals surface area contributed by atoms with Crippen LogP contribution in [0.15, 0.2) is 59.5 Å². The first kappa shape index (κ1) is 28.1. The lowest BCUT2D eigenvalue weighted by molar-refractivity contribution is -0.119. The smallest absolute Gasteiger partial charge is 0.247 e. The second-order valence-electron chi connectivity index (χ2n) is 9.78. The molecule has 3 aromatic carbocycles. The Morgan fingerprint density at radius 3 is 2.38 bits per heavy atom. The Balaban J connectivity index is 1.60. The van der Waals surface area contributed by atoms with Crippen LogP contribution in [0, 0.1) is 32.1 Å². The number of carbonyl (C=O) groups is 1. The van der Waals surface area contributed by atoms with Crippen molar-refractivity contribution in [2.75, 3.05) is 26.1 Å². The number of carbonyl (C=O) groups excluding carboxylic acids is 1. The molecule has 3 aromatic rings. The third kappa shape index (κ3) is 5.63. The molecule has 2 atom stereocenters. The summed E-state index contributed by atoms with van der Waals surface area (Å²) in [5, 5.41) is 12.9. The Kier molecular flexibility index (Phi) is 8.28. The van der Waals surface area contributed by atoms with E-state index in [-0.39, 0.29) is 17.2 Å². The number of methoxy groups -OCH3 is 2. The Labute approximate surface area is 230 Å². The second kappa shape index (κ2) is 11.5. The molecular weight excluding hydrogens is 514 g/mol. The number of hydrogen-bond donors (Lipinski definition) is 1. The Morgan fingerprint density at radius 2 is 1.74 bits per heavy atom. The van der Waals surface area contributed by atoms with Gasteiger partial charge in [-0.05, 0) is 74.1 Å². The number of amides is 1. The molecule has 1 amide bonds. The highest BCUT2D eigenvalue weighted by Crippen LogP contribution is 2.35. The van der Waals surface area contributed by atoms with E-state index in [0.29, 0.717) is 24.3 Å². The van der Waals surface area contributed by atoms with E-state index < -0.39 is 27.9 Å². The summed E-state index contributed by atoms with van der Waals surface area (Å²) in [5.41, 5.74) is 5.13. The largest absolute Gasteiger partial charge is 0.497 e. The first-order valence-corrected chi connectivity index (χ1v) is 14.2. The highest BCUT2D eigenvalue weighted by Gasteiger charge is 2.41. The normalized spacial score (nSPS) is 16.4. The molecule has 1 aliphatic heterocycles. The van der Waals surface area contributed by atoms with E-state index in [1.54, 1.807) is 6.07 Å². The molecule has 0 spiro atoms. The van der Waals surface area contributed by atoms with Crippen LogP contribution in [0.4, 0.5) is 5.69 Å². The molecule has 9 heteroatoms. The summed E-state index contributed by atoms with van der Waals surface area (Å²) in [4.78, 5) is 13.4. The first-order chi connectivity index (χ1) is 18.6. The van der Waals surface area contributed by atoms with Crippen molar-refractivity contribution >= 4 is 21.6 Å². The first-order valence-electron chi connectivity index (χ1n) is 12.7. The molecule has 0 radical (unpaired) electrons. The molecule has 0 saturated carbocycles. The molecule has 4 rings (SSSR count). The van der Waals surface area contributed by atoms with Crippen molar-refractivity contribution in [1.82, 2.24) is 4.31 Å². The number of benzene rings is 3. The number of anilines is 1. The number of hydrogen-bond acceptors (Lipinski definition) is 6. The molecule has 1 heterocycles. The third-order valence-corrected chi connectivity index (χ3v) is 9.11. The molecule has 0 aromatic heterocycles. The average molecular weight is 548 g/mol. The molecule has 8 nitrogen and oxygen atoms in total. The summed E-state index contributed by atoms with van der Waals surface area (Å²) in [7, 11) is -1.18. The van der Waals surface area contributed by atoms with E-state index in [2.05, 4.69) is 11.4 Å². The van der Waals surface area contributed by atoms with Gasteiger partial charge in [-0.1, -0.05) is 35.9 Å². The maximum absolute atomic E-state index is 13.7. The van der Waals surface area contributed by atoms with Crippen LogP contribution in [-0.2, 0) is 14.8 Å². The van der Waals surface area contributed by atoms with Crippen LogP contribution >= 0.6 is 0 Å². The van der Waals surface area contributed by atoms with E-state index in [9.17, 15) is 18.5 Å². The van der Waals surface area contributed by atoms with Gasteiger partial charge in [0.25, 0.3) is 0 Å². The fourth-order valence-corrected chi connectivity index (χ4v) is 6.81. The second-order valence-corrected chi connectivity index (χ2v) is 11.6. The summed E-state index contributed by atoms with van der Waals surface area (Å²) in [6, 6.07) is 17.8. The maximum atomic E-state index is 13.7. The van der Waals surface area contributed by atoms with Gasteiger partial charge in [-0.3, -0.25) is 4.79 Å². The SMILES string of the molecule is COc1ccc(OC)c(S(=O)(=O)N2CCCC2C(=O)Nc2cc(C)c(C(C#N)c3ccc(C)cc3)cc2C)c1. The molecule has 2 unspecified atom stereocenters. The molecule has 0 bridgehead atoms. The van der Waals surface area contributed by atoms with Crippen LogP contribution in [-0.4, -0.2) is 45.4 Å². The number of rotatable bonds is 8. The molecule has 1 saturated heterocycles. The Hall–Kier alpha value is -3.87. The number of sulfonamides is 1. The van der Waals surface area contributed by atoms with Crippen LogP contribution in [0.1, 0.15) is 46.6 Å². The van der Waals surface area contributed by atoms with Gasteiger partial charge in [0.2, 0.25) is 15.9 Å². The maximum Gasteiger partial charge on any atom is 0.247 e. The zero-order chi connectivity index (χ0) is 28.3. The molecule has 1 N–H and O–H groups in total. The summed E-state index contributed by atoms with van der Waals surface area (Å²) < 4.78 is 39.1. The summed E-state index contributed by atoms with van der Waals surface area (Å²) in [6.45, 7) is 6.00. The van der Waals surface area contributed by atoms with E-state index >= 15 is 0 Å². The zero-order valence-corrected chi connectivity index (χ0v) is 23.6. The van der Waals surface area contributed by atoms with Crippen molar-refractivity contribution in [3.05, 3.63) is 82.4 Å². The lowest BCUT2D eigenvalue weighted by atomic mass is 9.88. The van der Waals surface area contributed by atoms with E-state index in [0.717, 1.165) is 27.8 Å². The van der Waals surface area contributed by atoms with Gasteiger partial charge in [-0.15, -0.1) is 0 Å². The van der Waals surface area contributed by atoms with Crippen molar-refractivity contribution in [3.63, 3.8) is 0 Å². The number of nitriles is 1. The van der Waals surface area contributed by atoms with E-state index in [4.69, 9.17) is 9.47 Å². The molecule has 204 valence electrons. The van der Waals surface area contributed by atoms with E-state index in [1.165, 1.54) is 30.7 Å². The van der Waals surface area contributed by atoms with Crippen molar-refractivity contribution in [2.45, 2.75) is 50.5 Å². The predicted octanol–water partition coefficient (Wildman–Crippen LogP) is 5.08. The molecular formula is C30H33N3O5S. The number of nitrogens with zero attached hydrogens (tertiary/aromatic N) is 2. The van der Waals surface area contributed by atoms with Crippen LogP contribution < -0.4 is 14.8 Å². The van der Waals surface area contributed by atoms with Gasteiger partial charge >= 0.3 is 0 Å². The van der Waals surface area contributed by atoms with E-state index in [1.807, 2.05) is 57.2 Å². The predicted molar refractivity (Wildman–Crippen MR) is 150 cm³/mol. The monoisotopic (exact) mass is 547 g/mol. The lowest BCUT2D eigenvalue weighted by Gasteiger charge is -2.25. The van der Waals surface area contributed by atoms with Gasteiger partial charge in [0.15, 0.2) is 0 Å². The summed E-state index contributed by atoms with van der Waals surface area (Å²) in [5.74, 6) is -0.280.